The lowest BCUT2D eigenvalue weighted by Crippen LogP contribution is -2.52. The zero-order valence-corrected chi connectivity index (χ0v) is 9.55. The fourth-order valence-corrected chi connectivity index (χ4v) is 1.32. The van der Waals surface area contributed by atoms with Crippen LogP contribution in [-0.2, 0) is 4.79 Å². The van der Waals surface area contributed by atoms with Crippen molar-refractivity contribution >= 4 is 11.6 Å². The molecule has 18 heavy (non-hydrogen) atoms. The van der Waals surface area contributed by atoms with Gasteiger partial charge in [0, 0.05) is 0 Å². The first-order chi connectivity index (χ1) is 8.49. The second kappa shape index (κ2) is 6.43. The van der Waals surface area contributed by atoms with Gasteiger partial charge in [0.05, 0.1) is 12.3 Å². The Hall–Kier alpha value is -1.51. The molecule has 0 unspecified atom stereocenters. The number of aliphatic hydroxyl groups excluding tert-OH is 4. The number of nitrogens with zero attached hydrogens (tertiary/aromatic N) is 1. The summed E-state index contributed by atoms with van der Waals surface area (Å²) in [6.45, 7) is -0.776. The summed E-state index contributed by atoms with van der Waals surface area (Å²) in [4.78, 5) is 11.7. The van der Waals surface area contributed by atoms with E-state index in [4.69, 9.17) is 16.1 Å². The third-order valence-electron chi connectivity index (χ3n) is 2.43. The van der Waals surface area contributed by atoms with Crippen molar-refractivity contribution in [2.45, 2.75) is 18.3 Å². The fraction of sp³-hybridized carbons (Fsp3) is 0.364. The average Bonchev–Trinajstić information content (AvgIpc) is 2.44. The number of aliphatic hydroxyl groups is 4. The SMILES string of the molecule is NN(C(=O)[C@H](O)[C@@H](O)[C@@H](O)CO)c1ccccc1. The van der Waals surface area contributed by atoms with Gasteiger partial charge in [-0.2, -0.15) is 0 Å². The van der Waals surface area contributed by atoms with E-state index in [1.165, 1.54) is 0 Å². The summed E-state index contributed by atoms with van der Waals surface area (Å²) in [5.74, 6) is 4.50. The van der Waals surface area contributed by atoms with Gasteiger partial charge < -0.3 is 20.4 Å². The number of amides is 1. The Morgan fingerprint density at radius 2 is 1.78 bits per heavy atom. The molecule has 0 aromatic heterocycles. The molecule has 0 fully saturated rings. The van der Waals surface area contributed by atoms with Crippen molar-refractivity contribution in [1.29, 1.82) is 0 Å². The molecule has 0 aliphatic carbocycles. The third-order valence-corrected chi connectivity index (χ3v) is 2.43. The number of carbonyl (C=O) groups is 1. The van der Waals surface area contributed by atoms with Gasteiger partial charge in [0.25, 0.3) is 5.91 Å². The van der Waals surface area contributed by atoms with Gasteiger partial charge in [-0.1, -0.05) is 18.2 Å². The van der Waals surface area contributed by atoms with Crippen LogP contribution in [0.1, 0.15) is 0 Å². The Kier molecular flexibility index (Phi) is 5.20. The van der Waals surface area contributed by atoms with Gasteiger partial charge in [-0.15, -0.1) is 0 Å². The van der Waals surface area contributed by atoms with Gasteiger partial charge in [-0.3, -0.25) is 4.79 Å². The normalized spacial score (nSPS) is 15.8. The Bertz CT molecular complexity index is 386. The minimum Gasteiger partial charge on any atom is -0.394 e. The number of rotatable bonds is 5. The van der Waals surface area contributed by atoms with Crippen molar-refractivity contribution in [3.63, 3.8) is 0 Å². The lowest BCUT2D eigenvalue weighted by Gasteiger charge is -2.25. The van der Waals surface area contributed by atoms with E-state index in [1.54, 1.807) is 30.3 Å². The van der Waals surface area contributed by atoms with Crippen molar-refractivity contribution in [2.24, 2.45) is 5.84 Å². The Morgan fingerprint density at radius 1 is 1.22 bits per heavy atom. The highest BCUT2D eigenvalue weighted by Crippen LogP contribution is 2.12. The van der Waals surface area contributed by atoms with Crippen LogP contribution >= 0.6 is 0 Å². The number of hydrazine groups is 1. The van der Waals surface area contributed by atoms with E-state index in [0.29, 0.717) is 10.7 Å². The summed E-state index contributed by atoms with van der Waals surface area (Å²) in [7, 11) is 0. The molecule has 0 heterocycles. The summed E-state index contributed by atoms with van der Waals surface area (Å²) in [5, 5.41) is 37.3. The molecule has 7 nitrogen and oxygen atoms in total. The summed E-state index contributed by atoms with van der Waals surface area (Å²) in [5.41, 5.74) is 0.326. The molecule has 7 heteroatoms. The van der Waals surface area contributed by atoms with Gasteiger partial charge in [0.2, 0.25) is 0 Å². The van der Waals surface area contributed by atoms with Crippen LogP contribution in [0.5, 0.6) is 0 Å². The van der Waals surface area contributed by atoms with E-state index >= 15 is 0 Å². The highest BCUT2D eigenvalue weighted by atomic mass is 16.4. The minimum absolute atomic E-state index is 0.326. The van der Waals surface area contributed by atoms with E-state index in [0.717, 1.165) is 0 Å². The smallest absolute Gasteiger partial charge is 0.272 e. The molecule has 0 aliphatic heterocycles. The Morgan fingerprint density at radius 3 is 2.28 bits per heavy atom. The van der Waals surface area contributed by atoms with Crippen LogP contribution in [0.2, 0.25) is 0 Å². The molecular formula is C11H16N2O5. The number of para-hydroxylation sites is 1. The van der Waals surface area contributed by atoms with Crippen LogP contribution in [0.25, 0.3) is 0 Å². The molecule has 1 aromatic rings. The molecule has 0 bridgehead atoms. The van der Waals surface area contributed by atoms with Gasteiger partial charge in [-0.05, 0) is 12.1 Å². The number of anilines is 1. The van der Waals surface area contributed by atoms with E-state index in [2.05, 4.69) is 0 Å². The van der Waals surface area contributed by atoms with E-state index in [1.807, 2.05) is 0 Å². The second-order valence-electron chi connectivity index (χ2n) is 3.73. The van der Waals surface area contributed by atoms with Crippen LogP contribution < -0.4 is 10.9 Å². The van der Waals surface area contributed by atoms with Crippen molar-refractivity contribution in [3.05, 3.63) is 30.3 Å². The van der Waals surface area contributed by atoms with Crippen LogP contribution in [-0.4, -0.2) is 51.3 Å². The van der Waals surface area contributed by atoms with Crippen LogP contribution in [0, 0.1) is 0 Å². The van der Waals surface area contributed by atoms with Crippen LogP contribution in [0.4, 0.5) is 5.69 Å². The lowest BCUT2D eigenvalue weighted by atomic mass is 10.1. The van der Waals surface area contributed by atoms with Crippen molar-refractivity contribution in [2.75, 3.05) is 11.6 Å². The first kappa shape index (κ1) is 14.6. The number of hydrogen-bond donors (Lipinski definition) is 5. The summed E-state index contributed by atoms with van der Waals surface area (Å²) in [6.07, 6.45) is -5.34. The molecule has 1 rings (SSSR count). The summed E-state index contributed by atoms with van der Waals surface area (Å²) >= 11 is 0. The van der Waals surface area contributed by atoms with Gasteiger partial charge in [0.15, 0.2) is 6.10 Å². The highest BCUT2D eigenvalue weighted by molar-refractivity contribution is 5.95. The predicted molar refractivity (Wildman–Crippen MR) is 63.2 cm³/mol. The maximum absolute atomic E-state index is 11.7. The first-order valence-corrected chi connectivity index (χ1v) is 5.27. The second-order valence-corrected chi connectivity index (χ2v) is 3.73. The van der Waals surface area contributed by atoms with Gasteiger partial charge in [-0.25, -0.2) is 10.9 Å². The molecule has 3 atom stereocenters. The summed E-state index contributed by atoms with van der Waals surface area (Å²) < 4.78 is 0. The average molecular weight is 256 g/mol. The Balaban J connectivity index is 2.75. The number of nitrogens with two attached hydrogens (primary N) is 1. The highest BCUT2D eigenvalue weighted by Gasteiger charge is 2.32. The van der Waals surface area contributed by atoms with Crippen LogP contribution in [0.15, 0.2) is 30.3 Å². The van der Waals surface area contributed by atoms with Crippen molar-refractivity contribution < 1.29 is 25.2 Å². The zero-order chi connectivity index (χ0) is 13.7. The van der Waals surface area contributed by atoms with Crippen molar-refractivity contribution in [3.8, 4) is 0 Å². The number of carbonyl (C=O) groups excluding carboxylic acids is 1. The topological polar surface area (TPSA) is 127 Å². The molecule has 0 saturated heterocycles. The third kappa shape index (κ3) is 3.25. The summed E-state index contributed by atoms with van der Waals surface area (Å²) in [6, 6.07) is 8.10. The fourth-order valence-electron chi connectivity index (χ4n) is 1.32. The molecular weight excluding hydrogens is 240 g/mol. The van der Waals surface area contributed by atoms with Gasteiger partial charge in [0.1, 0.15) is 12.2 Å². The zero-order valence-electron chi connectivity index (χ0n) is 9.55. The monoisotopic (exact) mass is 256 g/mol. The van der Waals surface area contributed by atoms with Crippen LogP contribution in [0.3, 0.4) is 0 Å². The molecule has 0 radical (unpaired) electrons. The number of benzene rings is 1. The molecule has 6 N–H and O–H groups in total. The quantitative estimate of drug-likeness (QED) is 0.235. The maximum Gasteiger partial charge on any atom is 0.272 e. The Labute approximate surface area is 104 Å². The van der Waals surface area contributed by atoms with E-state index in [9.17, 15) is 15.0 Å². The largest absolute Gasteiger partial charge is 0.394 e. The molecule has 1 amide bonds. The lowest BCUT2D eigenvalue weighted by molar-refractivity contribution is -0.139. The van der Waals surface area contributed by atoms with E-state index < -0.39 is 30.8 Å². The predicted octanol–water partition coefficient (Wildman–Crippen LogP) is -2.03. The standard InChI is InChI=1S/C11H16N2O5/c12-13(7-4-2-1-3-5-7)11(18)10(17)9(16)8(15)6-14/h1-5,8-10,14-17H,6,12H2/t8-,9-,10+/m0/s1. The maximum atomic E-state index is 11.7. The minimum atomic E-state index is -1.92. The van der Waals surface area contributed by atoms with Gasteiger partial charge >= 0.3 is 0 Å². The molecule has 1 aromatic carbocycles. The molecule has 100 valence electrons. The van der Waals surface area contributed by atoms with E-state index in [-0.39, 0.29) is 0 Å². The van der Waals surface area contributed by atoms with Crippen molar-refractivity contribution in [1.82, 2.24) is 0 Å². The molecule has 0 aliphatic rings. The molecule has 0 spiro atoms. The first-order valence-electron chi connectivity index (χ1n) is 5.27. The molecule has 0 saturated carbocycles. The number of hydrogen-bond acceptors (Lipinski definition) is 6.